The van der Waals surface area contributed by atoms with Crippen molar-refractivity contribution in [3.63, 3.8) is 0 Å². The van der Waals surface area contributed by atoms with E-state index in [9.17, 15) is 18.0 Å². The highest BCUT2D eigenvalue weighted by molar-refractivity contribution is 5.86. The summed E-state index contributed by atoms with van der Waals surface area (Å²) in [6.07, 6.45) is -3.26. The van der Waals surface area contributed by atoms with Crippen LogP contribution in [0.2, 0.25) is 0 Å². The molecule has 0 bridgehead atoms. The standard InChI is InChI=1S/C8H10F3NO/c1-2-5-12-6(13)7(3-4-7)8(9,10)11/h2H,1,3-5H2,(H,12,13). The lowest BCUT2D eigenvalue weighted by molar-refractivity contribution is -0.192. The van der Waals surface area contributed by atoms with Crippen LogP contribution >= 0.6 is 0 Å². The molecule has 1 N–H and O–H groups in total. The second kappa shape index (κ2) is 3.05. The number of hydrogen-bond acceptors (Lipinski definition) is 1. The van der Waals surface area contributed by atoms with E-state index >= 15 is 0 Å². The largest absolute Gasteiger partial charge is 0.403 e. The highest BCUT2D eigenvalue weighted by Crippen LogP contribution is 2.57. The van der Waals surface area contributed by atoms with Gasteiger partial charge in [0.05, 0.1) is 0 Å². The predicted octanol–water partition coefficient (Wildman–Crippen LogP) is 1.63. The first-order chi connectivity index (χ1) is 5.94. The van der Waals surface area contributed by atoms with E-state index in [0.717, 1.165) is 0 Å². The van der Waals surface area contributed by atoms with E-state index in [0.29, 0.717) is 0 Å². The normalized spacial score (nSPS) is 19.3. The summed E-state index contributed by atoms with van der Waals surface area (Å²) in [4.78, 5) is 11.1. The minimum atomic E-state index is -4.42. The molecule has 5 heteroatoms. The third-order valence-corrected chi connectivity index (χ3v) is 2.13. The fourth-order valence-electron chi connectivity index (χ4n) is 1.10. The maximum Gasteiger partial charge on any atom is 0.403 e. The van der Waals surface area contributed by atoms with Crippen molar-refractivity contribution < 1.29 is 18.0 Å². The SMILES string of the molecule is C=CCNC(=O)C1(C(F)(F)F)CC1. The minimum absolute atomic E-state index is 0.0800. The smallest absolute Gasteiger partial charge is 0.352 e. The highest BCUT2D eigenvalue weighted by Gasteiger charge is 2.68. The van der Waals surface area contributed by atoms with Gasteiger partial charge in [-0.2, -0.15) is 13.2 Å². The zero-order valence-electron chi connectivity index (χ0n) is 6.95. The summed E-state index contributed by atoms with van der Waals surface area (Å²) in [7, 11) is 0. The number of carbonyl (C=O) groups excluding carboxylic acids is 1. The molecule has 1 saturated carbocycles. The summed E-state index contributed by atoms with van der Waals surface area (Å²) in [5.41, 5.74) is -2.10. The Morgan fingerprint density at radius 1 is 1.54 bits per heavy atom. The second-order valence-corrected chi connectivity index (χ2v) is 3.08. The number of nitrogens with one attached hydrogen (secondary N) is 1. The van der Waals surface area contributed by atoms with Crippen molar-refractivity contribution in [3.05, 3.63) is 12.7 Å². The van der Waals surface area contributed by atoms with E-state index in [2.05, 4.69) is 11.9 Å². The van der Waals surface area contributed by atoms with Gasteiger partial charge < -0.3 is 5.32 Å². The van der Waals surface area contributed by atoms with Crippen LogP contribution in [0.5, 0.6) is 0 Å². The molecule has 1 aliphatic rings. The lowest BCUT2D eigenvalue weighted by Gasteiger charge is -2.17. The van der Waals surface area contributed by atoms with Gasteiger partial charge in [0.25, 0.3) is 0 Å². The van der Waals surface area contributed by atoms with E-state index in [-0.39, 0.29) is 19.4 Å². The fraction of sp³-hybridized carbons (Fsp3) is 0.625. The molecule has 0 aliphatic heterocycles. The van der Waals surface area contributed by atoms with Gasteiger partial charge in [-0.3, -0.25) is 4.79 Å². The molecule has 0 unspecified atom stereocenters. The van der Waals surface area contributed by atoms with E-state index in [1.54, 1.807) is 0 Å². The summed E-state index contributed by atoms with van der Waals surface area (Å²) in [5.74, 6) is -0.931. The zero-order chi connectivity index (χ0) is 10.1. The Bertz CT molecular complexity index is 230. The Balaban J connectivity index is 2.60. The van der Waals surface area contributed by atoms with Crippen LogP contribution < -0.4 is 5.32 Å². The summed E-state index contributed by atoms with van der Waals surface area (Å²) in [5, 5.41) is 2.16. The lowest BCUT2D eigenvalue weighted by atomic mass is 10.1. The molecule has 2 nitrogen and oxygen atoms in total. The van der Waals surface area contributed by atoms with Crippen LogP contribution in [-0.2, 0) is 4.79 Å². The molecule has 0 heterocycles. The van der Waals surface area contributed by atoms with Gasteiger partial charge in [-0.1, -0.05) is 6.08 Å². The molecule has 1 rings (SSSR count). The average Bonchev–Trinajstić information content (AvgIpc) is 2.78. The molecule has 13 heavy (non-hydrogen) atoms. The number of hydrogen-bond donors (Lipinski definition) is 1. The van der Waals surface area contributed by atoms with Gasteiger partial charge >= 0.3 is 6.18 Å². The van der Waals surface area contributed by atoms with Crippen molar-refractivity contribution in [2.24, 2.45) is 5.41 Å². The van der Waals surface area contributed by atoms with E-state index < -0.39 is 17.5 Å². The third-order valence-electron chi connectivity index (χ3n) is 2.13. The summed E-state index contributed by atoms with van der Waals surface area (Å²) in [6.45, 7) is 3.38. The topological polar surface area (TPSA) is 29.1 Å². The predicted molar refractivity (Wildman–Crippen MR) is 40.9 cm³/mol. The highest BCUT2D eigenvalue weighted by atomic mass is 19.4. The molecule has 1 fully saturated rings. The molecule has 0 aromatic carbocycles. The monoisotopic (exact) mass is 193 g/mol. The number of halogens is 3. The van der Waals surface area contributed by atoms with Crippen molar-refractivity contribution in [1.82, 2.24) is 5.32 Å². The van der Waals surface area contributed by atoms with Crippen molar-refractivity contribution in [1.29, 1.82) is 0 Å². The second-order valence-electron chi connectivity index (χ2n) is 3.08. The molecular formula is C8H10F3NO. The molecule has 0 atom stereocenters. The first kappa shape index (κ1) is 10.1. The van der Waals surface area contributed by atoms with Crippen molar-refractivity contribution in [3.8, 4) is 0 Å². The molecule has 0 saturated heterocycles. The average molecular weight is 193 g/mol. The maximum atomic E-state index is 12.3. The van der Waals surface area contributed by atoms with Crippen LogP contribution in [0.1, 0.15) is 12.8 Å². The molecule has 1 aliphatic carbocycles. The molecule has 0 aromatic heterocycles. The van der Waals surface area contributed by atoms with Crippen LogP contribution in [0, 0.1) is 5.41 Å². The van der Waals surface area contributed by atoms with E-state index in [4.69, 9.17) is 0 Å². The lowest BCUT2D eigenvalue weighted by Crippen LogP contribution is -2.41. The number of amides is 1. The minimum Gasteiger partial charge on any atom is -0.352 e. The van der Waals surface area contributed by atoms with Crippen molar-refractivity contribution in [2.75, 3.05) is 6.54 Å². The quantitative estimate of drug-likeness (QED) is 0.678. The van der Waals surface area contributed by atoms with Crippen LogP contribution in [0.25, 0.3) is 0 Å². The number of rotatable bonds is 3. The van der Waals surface area contributed by atoms with Gasteiger partial charge in [-0.25, -0.2) is 0 Å². The molecular weight excluding hydrogens is 183 g/mol. The summed E-state index contributed by atoms with van der Waals surface area (Å²) < 4.78 is 36.9. The van der Waals surface area contributed by atoms with Crippen LogP contribution in [0.15, 0.2) is 12.7 Å². The van der Waals surface area contributed by atoms with Gasteiger partial charge in [0.2, 0.25) is 5.91 Å². The number of carbonyl (C=O) groups is 1. The Morgan fingerprint density at radius 3 is 2.38 bits per heavy atom. The van der Waals surface area contributed by atoms with Gasteiger partial charge in [-0.15, -0.1) is 6.58 Å². The molecule has 1 amide bonds. The fourth-order valence-corrected chi connectivity index (χ4v) is 1.10. The Morgan fingerprint density at radius 2 is 2.08 bits per heavy atom. The number of alkyl halides is 3. The Kier molecular flexibility index (Phi) is 2.36. The molecule has 0 aromatic rings. The van der Waals surface area contributed by atoms with Crippen LogP contribution in [-0.4, -0.2) is 18.6 Å². The van der Waals surface area contributed by atoms with E-state index in [1.807, 2.05) is 0 Å². The molecule has 74 valence electrons. The molecule has 0 radical (unpaired) electrons. The van der Waals surface area contributed by atoms with Gasteiger partial charge in [0.1, 0.15) is 5.41 Å². The zero-order valence-corrected chi connectivity index (χ0v) is 6.95. The van der Waals surface area contributed by atoms with Gasteiger partial charge in [0.15, 0.2) is 0 Å². The van der Waals surface area contributed by atoms with Crippen LogP contribution in [0.4, 0.5) is 13.2 Å². The van der Waals surface area contributed by atoms with Crippen molar-refractivity contribution in [2.45, 2.75) is 19.0 Å². The Labute approximate surface area is 73.8 Å². The first-order valence-electron chi connectivity index (χ1n) is 3.90. The maximum absolute atomic E-state index is 12.3. The Hall–Kier alpha value is -1.00. The third kappa shape index (κ3) is 1.68. The van der Waals surface area contributed by atoms with Crippen LogP contribution in [0.3, 0.4) is 0 Å². The van der Waals surface area contributed by atoms with Gasteiger partial charge in [-0.05, 0) is 12.8 Å². The van der Waals surface area contributed by atoms with Gasteiger partial charge in [0, 0.05) is 6.54 Å². The summed E-state index contributed by atoms with van der Waals surface area (Å²) >= 11 is 0. The molecule has 0 spiro atoms. The first-order valence-corrected chi connectivity index (χ1v) is 3.90. The summed E-state index contributed by atoms with van der Waals surface area (Å²) in [6, 6.07) is 0. The van der Waals surface area contributed by atoms with E-state index in [1.165, 1.54) is 6.08 Å². The van der Waals surface area contributed by atoms with Crippen molar-refractivity contribution >= 4 is 5.91 Å².